The van der Waals surface area contributed by atoms with Gasteiger partial charge in [-0.05, 0) is 31.5 Å². The molecule has 1 fully saturated rings. The monoisotopic (exact) mass is 330 g/mol. The highest BCUT2D eigenvalue weighted by atomic mass is 35.5. The molecule has 1 atom stereocenters. The first kappa shape index (κ1) is 16.2. The van der Waals surface area contributed by atoms with Crippen LogP contribution in [0.5, 0.6) is 0 Å². The van der Waals surface area contributed by atoms with Gasteiger partial charge in [0.15, 0.2) is 0 Å². The fourth-order valence-corrected chi connectivity index (χ4v) is 3.83. The van der Waals surface area contributed by atoms with Crippen molar-refractivity contribution in [2.45, 2.75) is 24.0 Å². The highest BCUT2D eigenvalue weighted by Gasteiger charge is 2.31. The van der Waals surface area contributed by atoms with Gasteiger partial charge in [-0.2, -0.15) is 4.31 Å². The van der Waals surface area contributed by atoms with E-state index in [4.69, 9.17) is 0 Å². The summed E-state index contributed by atoms with van der Waals surface area (Å²) in [5.41, 5.74) is 1.41. The van der Waals surface area contributed by atoms with Crippen LogP contribution in [-0.2, 0) is 10.0 Å². The van der Waals surface area contributed by atoms with E-state index >= 15 is 0 Å². The number of H-pyrrole nitrogens is 1. The molecule has 1 saturated heterocycles. The molecular weight excluding hydrogens is 312 g/mol. The van der Waals surface area contributed by atoms with Gasteiger partial charge in [0.2, 0.25) is 5.16 Å². The molecule has 8 heteroatoms. The molecule has 1 aliphatic heterocycles. The highest BCUT2D eigenvalue weighted by molar-refractivity contribution is 7.89. The Hall–Kier alpha value is -1.15. The summed E-state index contributed by atoms with van der Waals surface area (Å²) in [5.74, 6) is 0. The van der Waals surface area contributed by atoms with Crippen molar-refractivity contribution in [2.24, 2.45) is 0 Å². The molecule has 0 bridgehead atoms. The third-order valence-electron chi connectivity index (χ3n) is 3.78. The van der Waals surface area contributed by atoms with Crippen molar-refractivity contribution in [1.29, 1.82) is 0 Å². The highest BCUT2D eigenvalue weighted by Crippen LogP contribution is 2.20. The molecule has 3 rings (SSSR count). The lowest BCUT2D eigenvalue weighted by Gasteiger charge is -2.30. The van der Waals surface area contributed by atoms with Gasteiger partial charge in [-0.15, -0.1) is 12.4 Å². The quantitative estimate of drug-likeness (QED) is 0.890. The van der Waals surface area contributed by atoms with Crippen molar-refractivity contribution in [1.82, 2.24) is 19.6 Å². The van der Waals surface area contributed by atoms with Gasteiger partial charge in [0.25, 0.3) is 10.0 Å². The van der Waals surface area contributed by atoms with E-state index in [1.54, 1.807) is 13.1 Å². The van der Waals surface area contributed by atoms with Crippen LogP contribution in [0.1, 0.15) is 12.8 Å². The average Bonchev–Trinajstić information content (AvgIpc) is 2.92. The van der Waals surface area contributed by atoms with Crippen LogP contribution in [0, 0.1) is 0 Å². The lowest BCUT2D eigenvalue weighted by Crippen LogP contribution is -2.46. The van der Waals surface area contributed by atoms with Crippen LogP contribution in [0.25, 0.3) is 11.0 Å². The Balaban J connectivity index is 0.00000161. The first-order chi connectivity index (χ1) is 9.59. The van der Waals surface area contributed by atoms with Crippen LogP contribution in [-0.4, -0.2) is 48.9 Å². The van der Waals surface area contributed by atoms with E-state index in [2.05, 4.69) is 15.3 Å². The van der Waals surface area contributed by atoms with Crippen molar-refractivity contribution in [3.8, 4) is 0 Å². The Morgan fingerprint density at radius 3 is 2.76 bits per heavy atom. The van der Waals surface area contributed by atoms with E-state index in [0.29, 0.717) is 12.1 Å². The fraction of sp³-hybridized carbons (Fsp3) is 0.462. The maximum absolute atomic E-state index is 12.6. The van der Waals surface area contributed by atoms with Crippen LogP contribution in [0.15, 0.2) is 29.4 Å². The number of rotatable bonds is 3. The number of hydrogen-bond donors (Lipinski definition) is 2. The normalized spacial score (nSPS) is 19.6. The number of nitrogens with zero attached hydrogens (tertiary/aromatic N) is 2. The summed E-state index contributed by atoms with van der Waals surface area (Å²) in [6, 6.07) is 7.30. The Morgan fingerprint density at radius 1 is 1.33 bits per heavy atom. The Labute approximate surface area is 130 Å². The number of fused-ring (bicyclic) bond motifs is 1. The zero-order valence-electron chi connectivity index (χ0n) is 11.7. The first-order valence-corrected chi connectivity index (χ1v) is 8.16. The minimum Gasteiger partial charge on any atom is -0.328 e. The molecule has 1 aliphatic rings. The largest absolute Gasteiger partial charge is 0.328 e. The molecule has 1 aromatic heterocycles. The van der Waals surface area contributed by atoms with Crippen molar-refractivity contribution in [2.75, 3.05) is 20.1 Å². The van der Waals surface area contributed by atoms with Crippen LogP contribution in [0.2, 0.25) is 0 Å². The number of sulfonamides is 1. The van der Waals surface area contributed by atoms with Crippen LogP contribution >= 0.6 is 12.4 Å². The summed E-state index contributed by atoms with van der Waals surface area (Å²) in [6.07, 6.45) is 1.87. The van der Waals surface area contributed by atoms with E-state index in [-0.39, 0.29) is 23.6 Å². The number of likely N-dealkylation sites (N-methyl/N-ethyl adjacent to an activating group) is 1. The summed E-state index contributed by atoms with van der Waals surface area (Å²) in [4.78, 5) is 7.09. The summed E-state index contributed by atoms with van der Waals surface area (Å²) < 4.78 is 26.6. The molecule has 1 aromatic carbocycles. The minimum absolute atomic E-state index is 0. The topological polar surface area (TPSA) is 78.1 Å². The smallest absolute Gasteiger partial charge is 0.276 e. The molecule has 1 unspecified atom stereocenters. The van der Waals surface area contributed by atoms with Crippen LogP contribution in [0.3, 0.4) is 0 Å². The number of nitrogens with one attached hydrogen (secondary N) is 2. The van der Waals surface area contributed by atoms with Crippen LogP contribution < -0.4 is 5.32 Å². The second-order valence-electron chi connectivity index (χ2n) is 5.08. The molecule has 6 nitrogen and oxygen atoms in total. The third-order valence-corrected chi connectivity index (χ3v) is 5.51. The summed E-state index contributed by atoms with van der Waals surface area (Å²) in [5, 5.41) is 3.25. The van der Waals surface area contributed by atoms with Crippen molar-refractivity contribution >= 4 is 33.5 Å². The van der Waals surface area contributed by atoms with E-state index in [1.807, 2.05) is 18.2 Å². The van der Waals surface area contributed by atoms with Gasteiger partial charge in [-0.25, -0.2) is 13.4 Å². The SMILES string of the molecule is CN(C1CCCNC1)S(=O)(=O)c1nc2ccccc2[nH]1.Cl. The van der Waals surface area contributed by atoms with Crippen molar-refractivity contribution in [3.63, 3.8) is 0 Å². The van der Waals surface area contributed by atoms with Gasteiger partial charge in [0, 0.05) is 19.6 Å². The number of piperidine rings is 1. The molecule has 116 valence electrons. The molecule has 0 radical (unpaired) electrons. The molecule has 0 spiro atoms. The standard InChI is InChI=1S/C13H18N4O2S.ClH/c1-17(10-5-4-8-14-9-10)20(18,19)13-15-11-6-2-3-7-12(11)16-13;/h2-3,6-7,10,14H,4-5,8-9H2,1H3,(H,15,16);1H. The number of imidazole rings is 1. The predicted octanol–water partition coefficient (Wildman–Crippen LogP) is 1.36. The summed E-state index contributed by atoms with van der Waals surface area (Å²) in [7, 11) is -1.95. The first-order valence-electron chi connectivity index (χ1n) is 6.72. The number of aromatic nitrogens is 2. The lowest BCUT2D eigenvalue weighted by atomic mass is 10.1. The number of para-hydroxylation sites is 2. The number of hydrogen-bond acceptors (Lipinski definition) is 4. The fourth-order valence-electron chi connectivity index (χ4n) is 2.53. The Kier molecular flexibility index (Phi) is 4.88. The summed E-state index contributed by atoms with van der Waals surface area (Å²) in [6.45, 7) is 1.64. The van der Waals surface area contributed by atoms with Gasteiger partial charge < -0.3 is 10.3 Å². The second-order valence-corrected chi connectivity index (χ2v) is 6.99. The summed E-state index contributed by atoms with van der Waals surface area (Å²) >= 11 is 0. The van der Waals surface area contributed by atoms with Gasteiger partial charge in [0.1, 0.15) is 0 Å². The second kappa shape index (κ2) is 6.31. The molecule has 2 heterocycles. The molecule has 0 aliphatic carbocycles. The Morgan fingerprint density at radius 2 is 2.10 bits per heavy atom. The average molecular weight is 331 g/mol. The molecule has 2 aromatic rings. The van der Waals surface area contributed by atoms with Gasteiger partial charge in [0.05, 0.1) is 11.0 Å². The predicted molar refractivity (Wildman–Crippen MR) is 84.2 cm³/mol. The number of halogens is 1. The zero-order chi connectivity index (χ0) is 14.2. The van der Waals surface area contributed by atoms with Gasteiger partial charge in [-0.3, -0.25) is 0 Å². The maximum Gasteiger partial charge on any atom is 0.276 e. The number of benzene rings is 1. The Bertz CT molecular complexity index is 677. The number of aromatic amines is 1. The lowest BCUT2D eigenvalue weighted by molar-refractivity contribution is 0.299. The van der Waals surface area contributed by atoms with E-state index in [0.717, 1.165) is 24.9 Å². The van der Waals surface area contributed by atoms with Crippen molar-refractivity contribution in [3.05, 3.63) is 24.3 Å². The molecule has 0 saturated carbocycles. The zero-order valence-corrected chi connectivity index (χ0v) is 13.4. The van der Waals surface area contributed by atoms with E-state index in [9.17, 15) is 8.42 Å². The van der Waals surface area contributed by atoms with E-state index < -0.39 is 10.0 Å². The van der Waals surface area contributed by atoms with Crippen LogP contribution in [0.4, 0.5) is 0 Å². The third kappa shape index (κ3) is 3.06. The molecule has 0 amide bonds. The van der Waals surface area contributed by atoms with Gasteiger partial charge >= 0.3 is 0 Å². The molecular formula is C13H19ClN4O2S. The molecule has 21 heavy (non-hydrogen) atoms. The van der Waals surface area contributed by atoms with E-state index in [1.165, 1.54) is 4.31 Å². The van der Waals surface area contributed by atoms with Gasteiger partial charge in [-0.1, -0.05) is 12.1 Å². The minimum atomic E-state index is -3.57. The molecule has 2 N–H and O–H groups in total. The maximum atomic E-state index is 12.6. The van der Waals surface area contributed by atoms with Crippen molar-refractivity contribution < 1.29 is 8.42 Å².